The van der Waals surface area contributed by atoms with Gasteiger partial charge >= 0.3 is 0 Å². The lowest BCUT2D eigenvalue weighted by molar-refractivity contribution is -0.120. The lowest BCUT2D eigenvalue weighted by Crippen LogP contribution is -2.40. The molecule has 1 aliphatic carbocycles. The van der Waals surface area contributed by atoms with Crippen LogP contribution in [0.4, 0.5) is 4.39 Å². The molecule has 1 saturated heterocycles. The van der Waals surface area contributed by atoms with Gasteiger partial charge in [-0.3, -0.25) is 9.69 Å². The lowest BCUT2D eigenvalue weighted by Gasteiger charge is -2.23. The lowest BCUT2D eigenvalue weighted by atomic mass is 9.97. The van der Waals surface area contributed by atoms with Crippen molar-refractivity contribution in [1.82, 2.24) is 20.4 Å². The zero-order valence-corrected chi connectivity index (χ0v) is 14.1. The highest BCUT2D eigenvalue weighted by Gasteiger charge is 2.33. The number of rotatable bonds is 6. The fourth-order valence-electron chi connectivity index (χ4n) is 3.48. The van der Waals surface area contributed by atoms with Gasteiger partial charge in [-0.25, -0.2) is 4.39 Å². The first-order valence-electron chi connectivity index (χ1n) is 8.72. The van der Waals surface area contributed by atoms with Gasteiger partial charge in [0.2, 0.25) is 11.8 Å². The Balaban J connectivity index is 1.48. The molecular formula is C17H25FN4O2. The number of likely N-dealkylation sites (tertiary alicyclic amines) is 1. The second-order valence-corrected chi connectivity index (χ2v) is 6.73. The summed E-state index contributed by atoms with van der Waals surface area (Å²) < 4.78 is 18.8. The first kappa shape index (κ1) is 17.1. The van der Waals surface area contributed by atoms with E-state index in [4.69, 9.17) is 4.52 Å². The number of nitrogens with one attached hydrogen (secondary N) is 1. The van der Waals surface area contributed by atoms with Crippen molar-refractivity contribution in [1.29, 1.82) is 0 Å². The van der Waals surface area contributed by atoms with Crippen molar-refractivity contribution in [2.24, 2.45) is 0 Å². The zero-order chi connectivity index (χ0) is 16.9. The van der Waals surface area contributed by atoms with Crippen LogP contribution in [-0.2, 0) is 11.3 Å². The normalized spacial score (nSPS) is 24.8. The summed E-state index contributed by atoms with van der Waals surface area (Å²) in [6.07, 6.45) is 6.69. The number of nitrogens with zero attached hydrogens (tertiary/aromatic N) is 3. The molecule has 0 saturated carbocycles. The molecule has 3 rings (SSSR count). The van der Waals surface area contributed by atoms with E-state index >= 15 is 0 Å². The zero-order valence-electron chi connectivity index (χ0n) is 14.1. The van der Waals surface area contributed by atoms with Gasteiger partial charge in [-0.2, -0.15) is 4.98 Å². The molecule has 2 heterocycles. The average molecular weight is 336 g/mol. The van der Waals surface area contributed by atoms with E-state index in [9.17, 15) is 9.18 Å². The summed E-state index contributed by atoms with van der Waals surface area (Å²) in [5, 5.41) is 6.83. The number of aryl methyl sites for hydroxylation is 1. The number of carbonyl (C=O) groups is 1. The largest absolute Gasteiger partial charge is 0.354 e. The van der Waals surface area contributed by atoms with Gasteiger partial charge in [-0.1, -0.05) is 16.8 Å². The molecule has 1 N–H and O–H groups in total. The minimum Gasteiger partial charge on any atom is -0.354 e. The van der Waals surface area contributed by atoms with E-state index < -0.39 is 6.17 Å². The minimum absolute atomic E-state index is 0.0249. The number of hydrogen-bond donors (Lipinski definition) is 1. The molecule has 6 nitrogen and oxygen atoms in total. The Morgan fingerprint density at radius 2 is 2.38 bits per heavy atom. The van der Waals surface area contributed by atoms with Crippen molar-refractivity contribution >= 4 is 5.91 Å². The highest BCUT2D eigenvalue weighted by Crippen LogP contribution is 2.22. The van der Waals surface area contributed by atoms with Crippen LogP contribution >= 0.6 is 0 Å². The van der Waals surface area contributed by atoms with Crippen LogP contribution in [0.25, 0.3) is 0 Å². The summed E-state index contributed by atoms with van der Waals surface area (Å²) in [4.78, 5) is 18.3. The maximum atomic E-state index is 13.8. The van der Waals surface area contributed by atoms with Crippen molar-refractivity contribution in [3.05, 3.63) is 23.4 Å². The third-order valence-electron chi connectivity index (χ3n) is 4.70. The molecule has 132 valence electrons. The summed E-state index contributed by atoms with van der Waals surface area (Å²) in [7, 11) is 0. The summed E-state index contributed by atoms with van der Waals surface area (Å²) in [5.41, 5.74) is 1.23. The van der Waals surface area contributed by atoms with Gasteiger partial charge in [-0.15, -0.1) is 0 Å². The highest BCUT2D eigenvalue weighted by molar-refractivity contribution is 5.78. The van der Waals surface area contributed by atoms with Crippen LogP contribution in [0.2, 0.25) is 0 Å². The molecule has 7 heteroatoms. The smallest absolute Gasteiger partial charge is 0.224 e. The molecule has 0 radical (unpaired) electrons. The van der Waals surface area contributed by atoms with Crippen LogP contribution in [0.1, 0.15) is 50.2 Å². The Kier molecular flexibility index (Phi) is 5.60. The van der Waals surface area contributed by atoms with E-state index in [-0.39, 0.29) is 11.9 Å². The molecule has 2 atom stereocenters. The van der Waals surface area contributed by atoms with Crippen LogP contribution in [0.15, 0.2) is 16.2 Å². The second kappa shape index (κ2) is 7.88. The monoisotopic (exact) mass is 336 g/mol. The first-order valence-corrected chi connectivity index (χ1v) is 8.72. The number of carbonyl (C=O) groups excluding carboxylic acids is 1. The van der Waals surface area contributed by atoms with E-state index in [0.717, 1.165) is 12.8 Å². The van der Waals surface area contributed by atoms with E-state index in [1.165, 1.54) is 18.4 Å². The summed E-state index contributed by atoms with van der Waals surface area (Å²) in [6, 6.07) is -0.0249. The average Bonchev–Trinajstić information content (AvgIpc) is 3.12. The summed E-state index contributed by atoms with van der Waals surface area (Å²) in [5.74, 6) is 1.10. The molecule has 0 spiro atoms. The topological polar surface area (TPSA) is 71.3 Å². The second-order valence-electron chi connectivity index (χ2n) is 6.73. The molecule has 24 heavy (non-hydrogen) atoms. The van der Waals surface area contributed by atoms with Gasteiger partial charge in [0.15, 0.2) is 5.82 Å². The number of amides is 1. The van der Waals surface area contributed by atoms with Crippen LogP contribution in [0.5, 0.6) is 0 Å². The molecule has 0 unspecified atom stereocenters. The van der Waals surface area contributed by atoms with Crippen LogP contribution in [0, 0.1) is 6.92 Å². The first-order chi connectivity index (χ1) is 11.6. The molecular weight excluding hydrogens is 311 g/mol. The fraction of sp³-hybridized carbons (Fsp3) is 0.706. The Hall–Kier alpha value is -1.76. The van der Waals surface area contributed by atoms with Crippen LogP contribution in [-0.4, -0.2) is 46.3 Å². The van der Waals surface area contributed by atoms with Crippen molar-refractivity contribution in [3.8, 4) is 0 Å². The van der Waals surface area contributed by atoms with Crippen molar-refractivity contribution in [3.63, 3.8) is 0 Å². The van der Waals surface area contributed by atoms with Gasteiger partial charge in [0.05, 0.1) is 6.54 Å². The number of aromatic nitrogens is 2. The van der Waals surface area contributed by atoms with Gasteiger partial charge in [0, 0.05) is 32.5 Å². The third kappa shape index (κ3) is 4.63. The molecule has 2 aliphatic rings. The summed E-state index contributed by atoms with van der Waals surface area (Å²) >= 11 is 0. The molecule has 0 bridgehead atoms. The fourth-order valence-corrected chi connectivity index (χ4v) is 3.48. The van der Waals surface area contributed by atoms with E-state index in [0.29, 0.717) is 44.2 Å². The molecule has 1 aromatic rings. The standard InChI is InChI=1S/C17H25FN4O2/c1-12-20-16(21-24-12)11-22-10-14(18)8-15(22)9-19-17(23)7-13-5-3-2-4-6-13/h5,14-15H,2-4,6-11H2,1H3,(H,19,23)/t14-,15-/m0/s1. The predicted octanol–water partition coefficient (Wildman–Crippen LogP) is 2.30. The quantitative estimate of drug-likeness (QED) is 0.807. The number of allylic oxidation sites excluding steroid dienone is 1. The maximum absolute atomic E-state index is 13.8. The minimum atomic E-state index is -0.874. The van der Waals surface area contributed by atoms with Gasteiger partial charge < -0.3 is 9.84 Å². The highest BCUT2D eigenvalue weighted by atomic mass is 19.1. The number of hydrogen-bond acceptors (Lipinski definition) is 5. The molecule has 0 aromatic carbocycles. The van der Waals surface area contributed by atoms with Crippen molar-refractivity contribution in [2.75, 3.05) is 13.1 Å². The van der Waals surface area contributed by atoms with Gasteiger partial charge in [0.1, 0.15) is 6.17 Å². The third-order valence-corrected chi connectivity index (χ3v) is 4.70. The Bertz CT molecular complexity index is 601. The SMILES string of the molecule is Cc1nc(CN2C[C@@H](F)C[C@H]2CNC(=O)CC2=CCCCC2)no1. The Morgan fingerprint density at radius 1 is 1.50 bits per heavy atom. The number of alkyl halides is 1. The molecule has 1 fully saturated rings. The summed E-state index contributed by atoms with van der Waals surface area (Å²) in [6.45, 7) is 2.99. The van der Waals surface area contributed by atoms with Crippen LogP contribution in [0.3, 0.4) is 0 Å². The van der Waals surface area contributed by atoms with Crippen molar-refractivity contribution in [2.45, 2.75) is 64.2 Å². The van der Waals surface area contributed by atoms with E-state index in [1.807, 2.05) is 4.90 Å². The van der Waals surface area contributed by atoms with E-state index in [1.54, 1.807) is 6.92 Å². The Morgan fingerprint density at radius 3 is 3.08 bits per heavy atom. The van der Waals surface area contributed by atoms with E-state index in [2.05, 4.69) is 21.5 Å². The van der Waals surface area contributed by atoms with Gasteiger partial charge in [-0.05, 0) is 32.1 Å². The van der Waals surface area contributed by atoms with Crippen LogP contribution < -0.4 is 5.32 Å². The predicted molar refractivity (Wildman–Crippen MR) is 86.9 cm³/mol. The molecule has 1 amide bonds. The molecule has 1 aliphatic heterocycles. The van der Waals surface area contributed by atoms with Crippen molar-refractivity contribution < 1.29 is 13.7 Å². The van der Waals surface area contributed by atoms with Gasteiger partial charge in [0.25, 0.3) is 0 Å². The number of halogens is 1. The molecule has 1 aromatic heterocycles. The maximum Gasteiger partial charge on any atom is 0.224 e. The Labute approximate surface area is 141 Å².